The van der Waals surface area contributed by atoms with Crippen molar-refractivity contribution in [2.75, 3.05) is 0 Å². The first kappa shape index (κ1) is 11.5. The first-order chi connectivity index (χ1) is 8.68. The molecule has 90 valence electrons. The molecule has 18 heavy (non-hydrogen) atoms. The van der Waals surface area contributed by atoms with Crippen LogP contribution < -0.4 is 0 Å². The summed E-state index contributed by atoms with van der Waals surface area (Å²) in [6, 6.07) is 5.58. The van der Waals surface area contributed by atoms with Crippen molar-refractivity contribution in [3.63, 3.8) is 0 Å². The standard InChI is InChI=1S/C14H10ClNOS/c1-8-6-18-7-10(8)14(17)9-5-16-12-4-2-3-11(15)13(9)12/h2-7,16H,1H3. The van der Waals surface area contributed by atoms with E-state index in [4.69, 9.17) is 11.6 Å². The molecule has 0 saturated carbocycles. The van der Waals surface area contributed by atoms with Crippen molar-refractivity contribution >= 4 is 39.6 Å². The quantitative estimate of drug-likeness (QED) is 0.690. The summed E-state index contributed by atoms with van der Waals surface area (Å²) in [5.74, 6) is 0.0214. The molecule has 3 rings (SSSR count). The number of aromatic nitrogens is 1. The number of H-pyrrole nitrogens is 1. The van der Waals surface area contributed by atoms with Gasteiger partial charge in [-0.05, 0) is 30.0 Å². The molecular formula is C14H10ClNOS. The predicted octanol–water partition coefficient (Wildman–Crippen LogP) is 4.42. The molecule has 0 amide bonds. The van der Waals surface area contributed by atoms with Crippen molar-refractivity contribution in [2.45, 2.75) is 6.92 Å². The van der Waals surface area contributed by atoms with E-state index in [2.05, 4.69) is 4.98 Å². The Hall–Kier alpha value is -1.58. The summed E-state index contributed by atoms with van der Waals surface area (Å²) in [5.41, 5.74) is 3.28. The molecule has 0 spiro atoms. The van der Waals surface area contributed by atoms with Gasteiger partial charge in [0.15, 0.2) is 5.78 Å². The summed E-state index contributed by atoms with van der Waals surface area (Å²) in [6.07, 6.45) is 1.73. The molecule has 0 atom stereocenters. The Bertz CT molecular complexity index is 741. The van der Waals surface area contributed by atoms with E-state index in [0.29, 0.717) is 10.6 Å². The minimum Gasteiger partial charge on any atom is -0.360 e. The third kappa shape index (κ3) is 1.67. The maximum atomic E-state index is 12.5. The van der Waals surface area contributed by atoms with Crippen molar-refractivity contribution in [3.8, 4) is 0 Å². The van der Waals surface area contributed by atoms with Crippen LogP contribution in [-0.4, -0.2) is 10.8 Å². The Balaban J connectivity index is 2.22. The average Bonchev–Trinajstić information content (AvgIpc) is 2.95. The van der Waals surface area contributed by atoms with Crippen LogP contribution in [0.5, 0.6) is 0 Å². The fourth-order valence-corrected chi connectivity index (χ4v) is 3.16. The van der Waals surface area contributed by atoms with Crippen molar-refractivity contribution < 1.29 is 4.79 Å². The molecule has 0 aliphatic carbocycles. The van der Waals surface area contributed by atoms with E-state index in [-0.39, 0.29) is 5.78 Å². The average molecular weight is 276 g/mol. The number of hydrogen-bond acceptors (Lipinski definition) is 2. The molecule has 4 heteroatoms. The Morgan fingerprint density at radius 2 is 2.11 bits per heavy atom. The van der Waals surface area contributed by atoms with E-state index in [1.165, 1.54) is 11.3 Å². The Labute approximate surface area is 113 Å². The van der Waals surface area contributed by atoms with Crippen LogP contribution in [0, 0.1) is 6.92 Å². The second-order valence-corrected chi connectivity index (χ2v) is 5.31. The number of aryl methyl sites for hydroxylation is 1. The molecule has 3 aromatic rings. The summed E-state index contributed by atoms with van der Waals surface area (Å²) in [5, 5.41) is 5.26. The number of nitrogens with one attached hydrogen (secondary N) is 1. The largest absolute Gasteiger partial charge is 0.360 e. The number of benzene rings is 1. The molecule has 0 aliphatic rings. The fraction of sp³-hybridized carbons (Fsp3) is 0.0714. The van der Waals surface area contributed by atoms with E-state index >= 15 is 0 Å². The molecule has 0 fully saturated rings. The van der Waals surface area contributed by atoms with Crippen LogP contribution in [0.3, 0.4) is 0 Å². The van der Waals surface area contributed by atoms with Gasteiger partial charge >= 0.3 is 0 Å². The first-order valence-electron chi connectivity index (χ1n) is 5.51. The van der Waals surface area contributed by atoms with E-state index in [1.807, 2.05) is 29.8 Å². The van der Waals surface area contributed by atoms with Gasteiger partial charge in [-0.15, -0.1) is 0 Å². The molecule has 0 aliphatic heterocycles. The molecule has 0 bridgehead atoms. The third-order valence-corrected chi connectivity index (χ3v) is 4.18. The lowest BCUT2D eigenvalue weighted by molar-refractivity contribution is 0.104. The molecule has 0 radical (unpaired) electrons. The SMILES string of the molecule is Cc1cscc1C(=O)c1c[nH]c2cccc(Cl)c12. The third-order valence-electron chi connectivity index (χ3n) is 3.00. The second kappa shape index (κ2) is 4.26. The molecular weight excluding hydrogens is 266 g/mol. The van der Waals surface area contributed by atoms with Gasteiger partial charge in [-0.1, -0.05) is 17.7 Å². The molecule has 0 unspecified atom stereocenters. The van der Waals surface area contributed by atoms with Crippen LogP contribution in [0.4, 0.5) is 0 Å². The van der Waals surface area contributed by atoms with Gasteiger partial charge in [-0.2, -0.15) is 11.3 Å². The number of thiophene rings is 1. The van der Waals surface area contributed by atoms with Gasteiger partial charge in [0, 0.05) is 33.6 Å². The summed E-state index contributed by atoms with van der Waals surface area (Å²) in [4.78, 5) is 15.6. The van der Waals surface area contributed by atoms with Gasteiger partial charge in [0.25, 0.3) is 0 Å². The maximum Gasteiger partial charge on any atom is 0.196 e. The van der Waals surface area contributed by atoms with E-state index in [9.17, 15) is 4.79 Å². The van der Waals surface area contributed by atoms with Crippen molar-refractivity contribution in [1.82, 2.24) is 4.98 Å². The lowest BCUT2D eigenvalue weighted by Gasteiger charge is -2.00. The van der Waals surface area contributed by atoms with Gasteiger partial charge in [-0.25, -0.2) is 0 Å². The highest BCUT2D eigenvalue weighted by Gasteiger charge is 2.18. The second-order valence-electron chi connectivity index (χ2n) is 4.16. The molecule has 2 heterocycles. The van der Waals surface area contributed by atoms with Crippen molar-refractivity contribution in [1.29, 1.82) is 0 Å². The first-order valence-corrected chi connectivity index (χ1v) is 6.83. The lowest BCUT2D eigenvalue weighted by Crippen LogP contribution is -2.00. The van der Waals surface area contributed by atoms with Crippen LogP contribution in [0.1, 0.15) is 21.5 Å². The molecule has 1 aromatic carbocycles. The van der Waals surface area contributed by atoms with Gasteiger partial charge < -0.3 is 4.98 Å². The summed E-state index contributed by atoms with van der Waals surface area (Å²) < 4.78 is 0. The fourth-order valence-electron chi connectivity index (χ4n) is 2.06. The highest BCUT2D eigenvalue weighted by atomic mass is 35.5. The van der Waals surface area contributed by atoms with Gasteiger partial charge in [0.05, 0.1) is 5.02 Å². The zero-order chi connectivity index (χ0) is 12.7. The number of hydrogen-bond donors (Lipinski definition) is 1. The Kier molecular flexibility index (Phi) is 2.73. The number of aromatic amines is 1. The summed E-state index contributed by atoms with van der Waals surface area (Å²) in [6.45, 7) is 1.94. The van der Waals surface area contributed by atoms with E-state index < -0.39 is 0 Å². The van der Waals surface area contributed by atoms with E-state index in [1.54, 1.807) is 12.3 Å². The lowest BCUT2D eigenvalue weighted by atomic mass is 10.0. The monoisotopic (exact) mass is 275 g/mol. The zero-order valence-corrected chi connectivity index (χ0v) is 11.2. The zero-order valence-electron chi connectivity index (χ0n) is 9.66. The van der Waals surface area contributed by atoms with Crippen LogP contribution in [0.15, 0.2) is 35.2 Å². The van der Waals surface area contributed by atoms with Crippen LogP contribution in [0.25, 0.3) is 10.9 Å². The Morgan fingerprint density at radius 3 is 2.83 bits per heavy atom. The number of halogens is 1. The van der Waals surface area contributed by atoms with Crippen molar-refractivity contribution in [2.24, 2.45) is 0 Å². The van der Waals surface area contributed by atoms with Gasteiger partial charge in [0.2, 0.25) is 0 Å². The predicted molar refractivity (Wildman–Crippen MR) is 75.8 cm³/mol. The van der Waals surface area contributed by atoms with Crippen LogP contribution >= 0.6 is 22.9 Å². The summed E-state index contributed by atoms with van der Waals surface area (Å²) >= 11 is 7.72. The number of fused-ring (bicyclic) bond motifs is 1. The normalized spacial score (nSPS) is 11.0. The van der Waals surface area contributed by atoms with Crippen LogP contribution in [-0.2, 0) is 0 Å². The van der Waals surface area contributed by atoms with Crippen LogP contribution in [0.2, 0.25) is 5.02 Å². The van der Waals surface area contributed by atoms with E-state index in [0.717, 1.165) is 22.0 Å². The number of carbonyl (C=O) groups is 1. The molecule has 1 N–H and O–H groups in total. The molecule has 2 nitrogen and oxygen atoms in total. The van der Waals surface area contributed by atoms with Gasteiger partial charge in [0.1, 0.15) is 0 Å². The topological polar surface area (TPSA) is 32.9 Å². The Morgan fingerprint density at radius 1 is 1.28 bits per heavy atom. The smallest absolute Gasteiger partial charge is 0.196 e. The van der Waals surface area contributed by atoms with Gasteiger partial charge in [-0.3, -0.25) is 4.79 Å². The highest BCUT2D eigenvalue weighted by Crippen LogP contribution is 2.29. The number of carbonyl (C=O) groups excluding carboxylic acids is 1. The van der Waals surface area contributed by atoms with Crippen molar-refractivity contribution in [3.05, 3.63) is 56.9 Å². The number of rotatable bonds is 2. The highest BCUT2D eigenvalue weighted by molar-refractivity contribution is 7.08. The summed E-state index contributed by atoms with van der Waals surface area (Å²) in [7, 11) is 0. The minimum atomic E-state index is 0.0214. The minimum absolute atomic E-state index is 0.0214. The maximum absolute atomic E-state index is 12.5. The number of ketones is 1. The molecule has 0 saturated heterocycles. The molecule has 2 aromatic heterocycles.